The molecular formula is C9H9BN2. The Labute approximate surface area is 72.1 Å². The highest BCUT2D eigenvalue weighted by Gasteiger charge is 1.97. The molecule has 0 bridgehead atoms. The van der Waals surface area contributed by atoms with Gasteiger partial charge in [0.1, 0.15) is 14.2 Å². The number of rotatable bonds is 0. The molecule has 1 heterocycles. The van der Waals surface area contributed by atoms with E-state index in [2.05, 4.69) is 36.9 Å². The first-order valence-corrected chi connectivity index (χ1v) is 3.94. The van der Waals surface area contributed by atoms with Crippen molar-refractivity contribution in [1.82, 2.24) is 9.97 Å². The Morgan fingerprint density at radius 3 is 3.00 bits per heavy atom. The van der Waals surface area contributed by atoms with Gasteiger partial charge in [-0.1, -0.05) is 17.1 Å². The van der Waals surface area contributed by atoms with Crippen molar-refractivity contribution in [2.24, 2.45) is 0 Å². The van der Waals surface area contributed by atoms with E-state index in [0.29, 0.717) is 0 Å². The Bertz CT molecular complexity index is 426. The monoisotopic (exact) mass is 156 g/mol. The minimum absolute atomic E-state index is 1.05. The van der Waals surface area contributed by atoms with E-state index in [9.17, 15) is 0 Å². The predicted octanol–water partition coefficient (Wildman–Crippen LogP) is 0.197. The van der Waals surface area contributed by atoms with Crippen molar-refractivity contribution >= 4 is 24.2 Å². The maximum Gasteiger partial charge on any atom is 0.142 e. The lowest BCUT2D eigenvalue weighted by molar-refractivity contribution is 1.22. The SMILES string of the molecule is Bc1cc(C)cc2cncnc12. The smallest absolute Gasteiger partial charge is 0.142 e. The van der Waals surface area contributed by atoms with Crippen molar-refractivity contribution in [3.05, 3.63) is 30.2 Å². The quantitative estimate of drug-likeness (QED) is 0.509. The first-order chi connectivity index (χ1) is 5.77. The van der Waals surface area contributed by atoms with Crippen LogP contribution in [0.3, 0.4) is 0 Å². The van der Waals surface area contributed by atoms with E-state index < -0.39 is 0 Å². The van der Waals surface area contributed by atoms with Crippen molar-refractivity contribution in [3.63, 3.8) is 0 Å². The second-order valence-electron chi connectivity index (χ2n) is 3.04. The fourth-order valence-electron chi connectivity index (χ4n) is 1.47. The summed E-state index contributed by atoms with van der Waals surface area (Å²) in [4.78, 5) is 8.19. The van der Waals surface area contributed by atoms with Gasteiger partial charge in [-0.3, -0.25) is 0 Å². The molecule has 0 radical (unpaired) electrons. The molecule has 2 nitrogen and oxygen atoms in total. The Morgan fingerprint density at radius 2 is 2.17 bits per heavy atom. The molecule has 1 aromatic carbocycles. The number of hydrogen-bond donors (Lipinski definition) is 0. The summed E-state index contributed by atoms with van der Waals surface area (Å²) in [7, 11) is 2.07. The molecule has 0 unspecified atom stereocenters. The Kier molecular flexibility index (Phi) is 1.57. The van der Waals surface area contributed by atoms with Crippen LogP contribution in [-0.4, -0.2) is 17.8 Å². The topological polar surface area (TPSA) is 25.8 Å². The molecule has 0 spiro atoms. The molecule has 0 amide bonds. The minimum Gasteiger partial charge on any atom is -0.244 e. The molecule has 0 saturated heterocycles. The van der Waals surface area contributed by atoms with E-state index >= 15 is 0 Å². The van der Waals surface area contributed by atoms with E-state index in [1.54, 1.807) is 6.33 Å². The van der Waals surface area contributed by atoms with Crippen LogP contribution in [0.15, 0.2) is 24.7 Å². The number of aryl methyl sites for hydroxylation is 1. The molecule has 2 aromatic rings. The third-order valence-corrected chi connectivity index (χ3v) is 1.94. The maximum absolute atomic E-state index is 4.21. The zero-order valence-corrected chi connectivity index (χ0v) is 7.20. The van der Waals surface area contributed by atoms with Gasteiger partial charge in [-0.05, 0) is 13.0 Å². The van der Waals surface area contributed by atoms with Gasteiger partial charge in [0.2, 0.25) is 0 Å². The van der Waals surface area contributed by atoms with Crippen molar-refractivity contribution in [2.75, 3.05) is 0 Å². The van der Waals surface area contributed by atoms with Gasteiger partial charge in [-0.25, -0.2) is 9.97 Å². The van der Waals surface area contributed by atoms with Crippen LogP contribution < -0.4 is 5.46 Å². The first kappa shape index (κ1) is 7.28. The summed E-state index contributed by atoms with van der Waals surface area (Å²) in [5.41, 5.74) is 3.53. The fraction of sp³-hybridized carbons (Fsp3) is 0.111. The van der Waals surface area contributed by atoms with Gasteiger partial charge in [0, 0.05) is 11.6 Å². The number of hydrogen-bond acceptors (Lipinski definition) is 2. The predicted molar refractivity (Wildman–Crippen MR) is 52.5 cm³/mol. The van der Waals surface area contributed by atoms with Crippen LogP contribution in [0.4, 0.5) is 0 Å². The number of aromatic nitrogens is 2. The zero-order valence-electron chi connectivity index (χ0n) is 7.20. The van der Waals surface area contributed by atoms with Crippen molar-refractivity contribution in [1.29, 1.82) is 0 Å². The summed E-state index contributed by atoms with van der Waals surface area (Å²) >= 11 is 0. The highest BCUT2D eigenvalue weighted by atomic mass is 14.8. The minimum atomic E-state index is 1.05. The molecule has 58 valence electrons. The molecule has 1 aromatic heterocycles. The second-order valence-corrected chi connectivity index (χ2v) is 3.04. The lowest BCUT2D eigenvalue weighted by Crippen LogP contribution is -2.06. The summed E-state index contributed by atoms with van der Waals surface area (Å²) in [5.74, 6) is 0. The van der Waals surface area contributed by atoms with E-state index in [-0.39, 0.29) is 0 Å². The van der Waals surface area contributed by atoms with Gasteiger partial charge in [0.05, 0.1) is 5.52 Å². The summed E-state index contributed by atoms with van der Waals surface area (Å²) in [6.07, 6.45) is 3.44. The zero-order chi connectivity index (χ0) is 8.55. The highest BCUT2D eigenvalue weighted by molar-refractivity contribution is 6.38. The second kappa shape index (κ2) is 2.59. The van der Waals surface area contributed by atoms with Gasteiger partial charge >= 0.3 is 0 Å². The Morgan fingerprint density at radius 1 is 1.33 bits per heavy atom. The number of fused-ring (bicyclic) bond motifs is 1. The molecule has 0 saturated carbocycles. The first-order valence-electron chi connectivity index (χ1n) is 3.94. The molecular weight excluding hydrogens is 147 g/mol. The lowest BCUT2D eigenvalue weighted by Gasteiger charge is -2.01. The summed E-state index contributed by atoms with van der Waals surface area (Å²) < 4.78 is 0. The average Bonchev–Trinajstić information content (AvgIpc) is 2.04. The molecule has 0 aliphatic carbocycles. The largest absolute Gasteiger partial charge is 0.244 e. The normalized spacial score (nSPS) is 10.4. The van der Waals surface area contributed by atoms with E-state index in [4.69, 9.17) is 0 Å². The number of nitrogens with zero attached hydrogens (tertiary/aromatic N) is 2. The van der Waals surface area contributed by atoms with Crippen LogP contribution in [-0.2, 0) is 0 Å². The standard InChI is InChI=1S/C9H9BN2/c1-6-2-7-4-11-5-12-9(7)8(10)3-6/h2-5H,10H2,1H3. The third-order valence-electron chi connectivity index (χ3n) is 1.94. The molecule has 0 atom stereocenters. The summed E-state index contributed by atoms with van der Waals surface area (Å²) in [6, 6.07) is 4.23. The molecule has 12 heavy (non-hydrogen) atoms. The molecule has 0 aliphatic rings. The molecule has 2 rings (SSSR count). The van der Waals surface area contributed by atoms with Crippen molar-refractivity contribution in [3.8, 4) is 0 Å². The maximum atomic E-state index is 4.21. The van der Waals surface area contributed by atoms with Gasteiger partial charge in [0.15, 0.2) is 0 Å². The summed E-state index contributed by atoms with van der Waals surface area (Å²) in [5, 5.41) is 1.12. The van der Waals surface area contributed by atoms with E-state index in [1.807, 2.05) is 6.20 Å². The van der Waals surface area contributed by atoms with Gasteiger partial charge in [-0.2, -0.15) is 0 Å². The summed E-state index contributed by atoms with van der Waals surface area (Å²) in [6.45, 7) is 2.08. The van der Waals surface area contributed by atoms with Crippen molar-refractivity contribution in [2.45, 2.75) is 6.92 Å². The van der Waals surface area contributed by atoms with Crippen LogP contribution in [0.1, 0.15) is 5.56 Å². The van der Waals surface area contributed by atoms with Gasteiger partial charge in [0.25, 0.3) is 0 Å². The van der Waals surface area contributed by atoms with Crippen LogP contribution in [0.25, 0.3) is 10.9 Å². The van der Waals surface area contributed by atoms with E-state index in [1.165, 1.54) is 11.0 Å². The highest BCUT2D eigenvalue weighted by Crippen LogP contribution is 2.08. The van der Waals surface area contributed by atoms with Crippen LogP contribution in [0.2, 0.25) is 0 Å². The average molecular weight is 156 g/mol. The van der Waals surface area contributed by atoms with Crippen LogP contribution in [0.5, 0.6) is 0 Å². The van der Waals surface area contributed by atoms with Crippen molar-refractivity contribution < 1.29 is 0 Å². The van der Waals surface area contributed by atoms with E-state index in [0.717, 1.165) is 10.9 Å². The van der Waals surface area contributed by atoms with Crippen LogP contribution >= 0.6 is 0 Å². The molecule has 0 N–H and O–H groups in total. The van der Waals surface area contributed by atoms with Gasteiger partial charge in [-0.15, -0.1) is 0 Å². The third kappa shape index (κ3) is 1.07. The van der Waals surface area contributed by atoms with Gasteiger partial charge < -0.3 is 0 Å². The molecule has 0 aliphatic heterocycles. The Hall–Kier alpha value is -1.38. The lowest BCUT2D eigenvalue weighted by atomic mass is 9.92. The fourth-order valence-corrected chi connectivity index (χ4v) is 1.47. The van der Waals surface area contributed by atoms with Crippen LogP contribution in [0, 0.1) is 6.92 Å². The Balaban J connectivity index is 2.89. The number of benzene rings is 1. The molecule has 3 heteroatoms. The molecule has 0 fully saturated rings.